The predicted octanol–water partition coefficient (Wildman–Crippen LogP) is 4.30. The van der Waals surface area contributed by atoms with E-state index >= 15 is 0 Å². The molecule has 1 heterocycles. The van der Waals surface area contributed by atoms with E-state index in [-0.39, 0.29) is 24.3 Å². The van der Waals surface area contributed by atoms with E-state index in [0.29, 0.717) is 32.1 Å². The maximum atomic E-state index is 11.2. The summed E-state index contributed by atoms with van der Waals surface area (Å²) in [5.74, 6) is 0.206. The molecule has 5 atom stereocenters. The van der Waals surface area contributed by atoms with E-state index in [1.54, 1.807) is 6.26 Å². The van der Waals surface area contributed by atoms with Crippen molar-refractivity contribution in [3.63, 3.8) is 0 Å². The molecule has 3 N–H and O–H groups in total. The molecule has 0 saturated heterocycles. The third kappa shape index (κ3) is 8.26. The van der Waals surface area contributed by atoms with E-state index in [1.165, 1.54) is 0 Å². The summed E-state index contributed by atoms with van der Waals surface area (Å²) >= 11 is 0. The number of furan rings is 1. The third-order valence-corrected chi connectivity index (χ3v) is 6.21. The number of aryl methyl sites for hydroxylation is 1. The molecule has 1 aromatic heterocycles. The minimum atomic E-state index is -0.765. The Hall–Kier alpha value is -1.73. The van der Waals surface area contributed by atoms with E-state index < -0.39 is 18.2 Å². The van der Waals surface area contributed by atoms with Crippen LogP contribution in [0.15, 0.2) is 28.0 Å². The summed E-state index contributed by atoms with van der Waals surface area (Å²) in [6.07, 6.45) is 9.15. The summed E-state index contributed by atoms with van der Waals surface area (Å²) in [7, 11) is 0. The number of hydrogen-bond donors (Lipinski definition) is 3. The van der Waals surface area contributed by atoms with Gasteiger partial charge in [0.25, 0.3) is 0 Å². The number of carbonyl (C=O) groups is 1. The van der Waals surface area contributed by atoms with E-state index in [9.17, 15) is 19.9 Å². The molecule has 7 heteroatoms. The maximum Gasteiger partial charge on any atom is 0.303 e. The van der Waals surface area contributed by atoms with Gasteiger partial charge in [-0.3, -0.25) is 4.79 Å². The lowest BCUT2D eigenvalue weighted by atomic mass is 9.84. The van der Waals surface area contributed by atoms with Crippen LogP contribution in [0.3, 0.4) is 0 Å². The van der Waals surface area contributed by atoms with Gasteiger partial charge in [-0.1, -0.05) is 24.4 Å². The van der Waals surface area contributed by atoms with Crippen molar-refractivity contribution in [1.29, 1.82) is 0 Å². The number of aliphatic hydroxyl groups excluding tert-OH is 2. The first-order valence-electron chi connectivity index (χ1n) is 10.9. The van der Waals surface area contributed by atoms with Gasteiger partial charge in [-0.05, 0) is 68.9 Å². The van der Waals surface area contributed by atoms with Gasteiger partial charge in [-0.2, -0.15) is 4.91 Å². The Morgan fingerprint density at radius 1 is 1.14 bits per heavy atom. The van der Waals surface area contributed by atoms with Crippen LogP contribution >= 0.6 is 0 Å². The van der Waals surface area contributed by atoms with Crippen molar-refractivity contribution >= 4 is 5.97 Å². The molecule has 1 aliphatic carbocycles. The molecule has 1 unspecified atom stereocenters. The molecule has 1 aliphatic rings. The zero-order valence-electron chi connectivity index (χ0n) is 17.1. The van der Waals surface area contributed by atoms with Gasteiger partial charge < -0.3 is 19.7 Å². The Morgan fingerprint density at radius 2 is 1.93 bits per heavy atom. The molecule has 0 aliphatic heterocycles. The molecule has 2 rings (SSSR count). The highest BCUT2D eigenvalue weighted by Gasteiger charge is 2.42. The van der Waals surface area contributed by atoms with Crippen LogP contribution in [-0.2, 0) is 11.2 Å². The predicted molar refractivity (Wildman–Crippen MR) is 109 cm³/mol. The molecular formula is C22H35NO6. The number of rotatable bonds is 15. The highest BCUT2D eigenvalue weighted by Crippen LogP contribution is 2.41. The molecule has 1 saturated carbocycles. The monoisotopic (exact) mass is 409 g/mol. The summed E-state index contributed by atoms with van der Waals surface area (Å²) in [6, 6.07) is 3.41. The second kappa shape index (κ2) is 12.8. The first kappa shape index (κ1) is 23.5. The lowest BCUT2D eigenvalue weighted by molar-refractivity contribution is -0.137. The summed E-state index contributed by atoms with van der Waals surface area (Å²) < 4.78 is 5.30. The van der Waals surface area contributed by atoms with Crippen molar-refractivity contribution in [2.45, 2.75) is 95.3 Å². The minimum Gasteiger partial charge on any atom is -0.481 e. The molecule has 0 bridgehead atoms. The largest absolute Gasteiger partial charge is 0.481 e. The van der Waals surface area contributed by atoms with Crippen LogP contribution in [0.25, 0.3) is 0 Å². The van der Waals surface area contributed by atoms with Crippen LogP contribution < -0.4 is 0 Å². The Labute approximate surface area is 172 Å². The molecule has 0 spiro atoms. The van der Waals surface area contributed by atoms with Crippen molar-refractivity contribution in [3.8, 4) is 0 Å². The van der Waals surface area contributed by atoms with Crippen molar-refractivity contribution < 1.29 is 24.5 Å². The van der Waals surface area contributed by atoms with Crippen molar-refractivity contribution in [2.75, 3.05) is 0 Å². The van der Waals surface area contributed by atoms with Crippen molar-refractivity contribution in [2.24, 2.45) is 17.0 Å². The molecular weight excluding hydrogens is 374 g/mol. The van der Waals surface area contributed by atoms with Crippen molar-refractivity contribution in [1.82, 2.24) is 0 Å². The lowest BCUT2D eigenvalue weighted by Gasteiger charge is -2.24. The summed E-state index contributed by atoms with van der Waals surface area (Å²) in [5.41, 5.74) is 0. The number of aliphatic hydroxyl groups is 2. The number of aliphatic carboxylic acids is 1. The fraction of sp³-hybridized carbons (Fsp3) is 0.773. The molecule has 0 aromatic carbocycles. The summed E-state index contributed by atoms with van der Waals surface area (Å²) in [4.78, 5) is 21.8. The van der Waals surface area contributed by atoms with Crippen LogP contribution in [0, 0.1) is 16.7 Å². The highest BCUT2D eigenvalue weighted by atomic mass is 16.4. The second-order valence-electron chi connectivity index (χ2n) is 8.35. The minimum absolute atomic E-state index is 0.0150. The molecule has 0 amide bonds. The van der Waals surface area contributed by atoms with E-state index in [1.807, 2.05) is 12.1 Å². The van der Waals surface area contributed by atoms with Gasteiger partial charge in [0, 0.05) is 12.8 Å². The standard InChI is InChI=1S/C22H35NO6/c24-16(7-5-8-17-9-6-14-29-17)12-13-18-19(21(25)15-20(18)23-28)10-3-1-2-4-11-22(26)27/h6,9,14,16,18-21,24-25H,1-5,7-8,10-13,15H2,(H,26,27)/t16-,18+,19+,20?,21-/m0/s1. The van der Waals surface area contributed by atoms with Crippen LogP contribution in [0.2, 0.25) is 0 Å². The van der Waals surface area contributed by atoms with Gasteiger partial charge in [0.2, 0.25) is 0 Å². The number of hydrogen-bond acceptors (Lipinski definition) is 6. The number of unbranched alkanes of at least 4 members (excludes halogenated alkanes) is 3. The van der Waals surface area contributed by atoms with Crippen LogP contribution in [0.5, 0.6) is 0 Å². The molecule has 7 nitrogen and oxygen atoms in total. The molecule has 29 heavy (non-hydrogen) atoms. The fourth-order valence-electron chi connectivity index (χ4n) is 4.61. The van der Waals surface area contributed by atoms with Gasteiger partial charge in [0.15, 0.2) is 0 Å². The Balaban J connectivity index is 1.70. The van der Waals surface area contributed by atoms with Gasteiger partial charge in [0.1, 0.15) is 5.76 Å². The van der Waals surface area contributed by atoms with Crippen LogP contribution in [0.1, 0.15) is 76.4 Å². The third-order valence-electron chi connectivity index (χ3n) is 6.21. The topological polar surface area (TPSA) is 120 Å². The molecule has 1 aromatic rings. The smallest absolute Gasteiger partial charge is 0.303 e. The van der Waals surface area contributed by atoms with E-state index in [4.69, 9.17) is 9.52 Å². The number of carboxylic acid groups (broad SMARTS) is 1. The van der Waals surface area contributed by atoms with E-state index in [2.05, 4.69) is 5.18 Å². The van der Waals surface area contributed by atoms with Crippen molar-refractivity contribution in [3.05, 3.63) is 29.1 Å². The highest BCUT2D eigenvalue weighted by molar-refractivity contribution is 5.66. The van der Waals surface area contributed by atoms with E-state index in [0.717, 1.165) is 44.3 Å². The van der Waals surface area contributed by atoms with Gasteiger partial charge in [0.05, 0.1) is 24.5 Å². The summed E-state index contributed by atoms with van der Waals surface area (Å²) in [5, 5.41) is 32.6. The maximum absolute atomic E-state index is 11.2. The lowest BCUT2D eigenvalue weighted by Crippen LogP contribution is -2.23. The zero-order valence-corrected chi connectivity index (χ0v) is 17.1. The van der Waals surface area contributed by atoms with Crippen LogP contribution in [0.4, 0.5) is 0 Å². The first-order valence-corrected chi connectivity index (χ1v) is 10.9. The summed E-state index contributed by atoms with van der Waals surface area (Å²) in [6.45, 7) is 0. The Morgan fingerprint density at radius 3 is 2.62 bits per heavy atom. The molecule has 164 valence electrons. The molecule has 1 fully saturated rings. The quantitative estimate of drug-likeness (QED) is 0.293. The number of nitroso groups, excluding NO2 is 1. The average Bonchev–Trinajstić information content (AvgIpc) is 3.30. The fourth-order valence-corrected chi connectivity index (χ4v) is 4.61. The molecule has 0 radical (unpaired) electrons. The zero-order chi connectivity index (χ0) is 21.1. The average molecular weight is 410 g/mol. The van der Waals surface area contributed by atoms with Gasteiger partial charge in [-0.15, -0.1) is 0 Å². The first-order chi connectivity index (χ1) is 14.0. The number of carboxylic acids is 1. The normalized spacial score (nSPS) is 25.2. The SMILES string of the molecule is O=NC1C[C@H](O)[C@H](CCCCCCC(=O)O)[C@H]1CC[C@@H](O)CCCc1ccco1. The van der Waals surface area contributed by atoms with Crippen LogP contribution in [-0.4, -0.2) is 39.5 Å². The Bertz CT molecular complexity index is 590. The number of nitrogens with zero attached hydrogens (tertiary/aromatic N) is 1. The van der Waals surface area contributed by atoms with Gasteiger partial charge >= 0.3 is 5.97 Å². The van der Waals surface area contributed by atoms with Gasteiger partial charge in [-0.25, -0.2) is 0 Å². The second-order valence-corrected chi connectivity index (χ2v) is 8.35. The Kier molecular flexibility index (Phi) is 10.4.